The number of aliphatic hydroxyl groups excluding tert-OH is 1. The van der Waals surface area contributed by atoms with E-state index in [2.05, 4.69) is 0 Å². The van der Waals surface area contributed by atoms with Crippen LogP contribution in [0.2, 0.25) is 0 Å². The number of carboxylic acids is 1. The highest BCUT2D eigenvalue weighted by Crippen LogP contribution is 2.23. The third kappa shape index (κ3) is 2.95. The maximum absolute atomic E-state index is 12.6. The zero-order valence-corrected chi connectivity index (χ0v) is 11.5. The van der Waals surface area contributed by atoms with E-state index in [0.29, 0.717) is 11.3 Å². The molecule has 5 heteroatoms. The molecule has 20 heavy (non-hydrogen) atoms. The van der Waals surface area contributed by atoms with Crippen LogP contribution in [-0.2, 0) is 17.2 Å². The molecule has 0 heterocycles. The van der Waals surface area contributed by atoms with Crippen LogP contribution in [0.4, 0.5) is 0 Å². The standard InChI is InChI=1S/C15H14O4S/c16-10-9-11-5-1-3-7-13(11)20(19)14-8-4-2-6-12(14)15(17)18/h1-8,16H,9-10H2,(H,17,18)/t20-/m1/s1. The first-order chi connectivity index (χ1) is 9.65. The molecule has 0 aliphatic carbocycles. The lowest BCUT2D eigenvalue weighted by Crippen LogP contribution is -2.06. The predicted molar refractivity (Wildman–Crippen MR) is 75.3 cm³/mol. The number of hydrogen-bond donors (Lipinski definition) is 2. The Morgan fingerprint density at radius 3 is 2.25 bits per heavy atom. The number of rotatable bonds is 5. The smallest absolute Gasteiger partial charge is 0.336 e. The average Bonchev–Trinajstić information content (AvgIpc) is 2.47. The van der Waals surface area contributed by atoms with Gasteiger partial charge in [-0.15, -0.1) is 0 Å². The number of hydrogen-bond acceptors (Lipinski definition) is 3. The van der Waals surface area contributed by atoms with Crippen molar-refractivity contribution >= 4 is 16.8 Å². The molecule has 0 saturated carbocycles. The van der Waals surface area contributed by atoms with Crippen LogP contribution in [0.5, 0.6) is 0 Å². The fraction of sp³-hybridized carbons (Fsp3) is 0.133. The second-order valence-corrected chi connectivity index (χ2v) is 5.57. The summed E-state index contributed by atoms with van der Waals surface area (Å²) in [5, 5.41) is 18.2. The molecule has 0 unspecified atom stereocenters. The summed E-state index contributed by atoms with van der Waals surface area (Å²) in [6.07, 6.45) is 0.386. The highest BCUT2D eigenvalue weighted by Gasteiger charge is 2.18. The van der Waals surface area contributed by atoms with Crippen LogP contribution < -0.4 is 0 Å². The van der Waals surface area contributed by atoms with Gasteiger partial charge in [0.25, 0.3) is 0 Å². The second kappa shape index (κ2) is 6.45. The summed E-state index contributed by atoms with van der Waals surface area (Å²) in [7, 11) is -1.58. The van der Waals surface area contributed by atoms with Gasteiger partial charge in [0.05, 0.1) is 21.3 Å². The van der Waals surface area contributed by atoms with E-state index in [-0.39, 0.29) is 17.1 Å². The van der Waals surface area contributed by atoms with Crippen LogP contribution in [0.3, 0.4) is 0 Å². The van der Waals surface area contributed by atoms with Gasteiger partial charge >= 0.3 is 5.97 Å². The van der Waals surface area contributed by atoms with Crippen molar-refractivity contribution in [2.24, 2.45) is 0 Å². The molecule has 2 aromatic carbocycles. The third-order valence-corrected chi connectivity index (χ3v) is 4.42. The molecular weight excluding hydrogens is 276 g/mol. The number of aromatic carboxylic acids is 1. The Balaban J connectivity index is 2.50. The molecule has 0 aliphatic rings. The zero-order valence-electron chi connectivity index (χ0n) is 10.7. The van der Waals surface area contributed by atoms with E-state index >= 15 is 0 Å². The number of carboxylic acid groups (broad SMARTS) is 1. The van der Waals surface area contributed by atoms with Crippen LogP contribution in [0.1, 0.15) is 15.9 Å². The van der Waals surface area contributed by atoms with Gasteiger partial charge in [0.1, 0.15) is 0 Å². The van der Waals surface area contributed by atoms with Gasteiger partial charge < -0.3 is 10.2 Å². The summed E-state index contributed by atoms with van der Waals surface area (Å²) < 4.78 is 12.6. The van der Waals surface area contributed by atoms with E-state index in [0.717, 1.165) is 5.56 Å². The minimum atomic E-state index is -1.58. The van der Waals surface area contributed by atoms with E-state index < -0.39 is 16.8 Å². The highest BCUT2D eigenvalue weighted by atomic mass is 32.2. The van der Waals surface area contributed by atoms with Crippen LogP contribution in [0.15, 0.2) is 58.3 Å². The molecule has 0 aromatic heterocycles. The fourth-order valence-electron chi connectivity index (χ4n) is 1.94. The zero-order chi connectivity index (χ0) is 14.5. The van der Waals surface area contributed by atoms with E-state index in [9.17, 15) is 9.00 Å². The summed E-state index contributed by atoms with van der Waals surface area (Å²) in [6, 6.07) is 13.3. The molecule has 2 rings (SSSR count). The quantitative estimate of drug-likeness (QED) is 0.884. The Morgan fingerprint density at radius 1 is 1.00 bits per heavy atom. The Kier molecular flexibility index (Phi) is 4.65. The second-order valence-electron chi connectivity index (χ2n) is 4.15. The van der Waals surface area contributed by atoms with Gasteiger partial charge in [-0.2, -0.15) is 0 Å². The Morgan fingerprint density at radius 2 is 1.60 bits per heavy atom. The normalized spacial score (nSPS) is 12.1. The average molecular weight is 290 g/mol. The summed E-state index contributed by atoms with van der Waals surface area (Å²) in [6.45, 7) is -0.0468. The fourth-order valence-corrected chi connectivity index (χ4v) is 3.34. The van der Waals surface area contributed by atoms with Crippen molar-refractivity contribution in [3.8, 4) is 0 Å². The maximum Gasteiger partial charge on any atom is 0.336 e. The molecule has 0 fully saturated rings. The van der Waals surface area contributed by atoms with E-state index in [1.807, 2.05) is 0 Å². The van der Waals surface area contributed by atoms with Gasteiger partial charge in [-0.25, -0.2) is 9.00 Å². The first-order valence-electron chi connectivity index (χ1n) is 6.08. The van der Waals surface area contributed by atoms with Gasteiger partial charge in [-0.1, -0.05) is 30.3 Å². The van der Waals surface area contributed by atoms with Crippen molar-refractivity contribution in [3.63, 3.8) is 0 Å². The number of aliphatic hydroxyl groups is 1. The van der Waals surface area contributed by atoms with Crippen molar-refractivity contribution in [2.75, 3.05) is 6.61 Å². The van der Waals surface area contributed by atoms with E-state index in [4.69, 9.17) is 10.2 Å². The molecule has 104 valence electrons. The topological polar surface area (TPSA) is 74.6 Å². The van der Waals surface area contributed by atoms with Crippen LogP contribution in [0, 0.1) is 0 Å². The SMILES string of the molecule is O=C(O)c1ccccc1[S@](=O)c1ccccc1CCO. The monoisotopic (exact) mass is 290 g/mol. The lowest BCUT2D eigenvalue weighted by Gasteiger charge is -2.10. The first-order valence-corrected chi connectivity index (χ1v) is 7.23. The predicted octanol–water partition coefficient (Wildman–Crippen LogP) is 2.09. The van der Waals surface area contributed by atoms with E-state index in [1.165, 1.54) is 6.07 Å². The summed E-state index contributed by atoms with van der Waals surface area (Å²) >= 11 is 0. The largest absolute Gasteiger partial charge is 0.478 e. The van der Waals surface area contributed by atoms with Crippen molar-refractivity contribution in [1.82, 2.24) is 0 Å². The molecule has 0 amide bonds. The van der Waals surface area contributed by atoms with Gasteiger partial charge in [-0.3, -0.25) is 0 Å². The van der Waals surface area contributed by atoms with Crippen molar-refractivity contribution in [1.29, 1.82) is 0 Å². The summed E-state index contributed by atoms with van der Waals surface area (Å²) in [5.41, 5.74) is 0.790. The molecule has 0 bridgehead atoms. The summed E-state index contributed by atoms with van der Waals surface area (Å²) in [4.78, 5) is 12.0. The molecule has 0 aliphatic heterocycles. The highest BCUT2D eigenvalue weighted by molar-refractivity contribution is 7.85. The van der Waals surface area contributed by atoms with Gasteiger partial charge in [0.2, 0.25) is 0 Å². The van der Waals surface area contributed by atoms with E-state index in [1.54, 1.807) is 42.5 Å². The third-order valence-electron chi connectivity index (χ3n) is 2.87. The molecule has 0 spiro atoms. The van der Waals surface area contributed by atoms with Crippen LogP contribution in [-0.4, -0.2) is 27.0 Å². The number of benzene rings is 2. The summed E-state index contributed by atoms with van der Waals surface area (Å²) in [5.74, 6) is -1.10. The molecule has 2 aromatic rings. The van der Waals surface area contributed by atoms with Crippen LogP contribution in [0.25, 0.3) is 0 Å². The van der Waals surface area contributed by atoms with Crippen molar-refractivity contribution in [3.05, 3.63) is 59.7 Å². The first kappa shape index (κ1) is 14.4. The Hall–Kier alpha value is -1.98. The maximum atomic E-state index is 12.6. The van der Waals surface area contributed by atoms with Gasteiger partial charge in [0, 0.05) is 11.5 Å². The van der Waals surface area contributed by atoms with Crippen molar-refractivity contribution < 1.29 is 19.2 Å². The Bertz CT molecular complexity index is 652. The van der Waals surface area contributed by atoms with Gasteiger partial charge in [-0.05, 0) is 30.2 Å². The lowest BCUT2D eigenvalue weighted by molar-refractivity contribution is 0.0693. The lowest BCUT2D eigenvalue weighted by atomic mass is 10.2. The molecule has 2 N–H and O–H groups in total. The molecule has 0 radical (unpaired) electrons. The number of carbonyl (C=O) groups is 1. The van der Waals surface area contributed by atoms with Crippen molar-refractivity contribution in [2.45, 2.75) is 16.2 Å². The molecule has 0 saturated heterocycles. The van der Waals surface area contributed by atoms with Gasteiger partial charge in [0.15, 0.2) is 0 Å². The minimum Gasteiger partial charge on any atom is -0.478 e. The molecule has 1 atom stereocenters. The minimum absolute atomic E-state index is 0.0321. The molecular formula is C15H14O4S. The Labute approximate surface area is 119 Å². The molecule has 4 nitrogen and oxygen atoms in total. The van der Waals surface area contributed by atoms with Crippen LogP contribution >= 0.6 is 0 Å².